The summed E-state index contributed by atoms with van der Waals surface area (Å²) in [6.45, 7) is 4.02. The number of aliphatic hydroxyl groups is 1. The normalized spacial score (nSPS) is 22.6. The molecule has 5 atom stereocenters. The molecule has 0 spiro atoms. The Bertz CT molecular complexity index is 883. The molecule has 1 fully saturated rings. The van der Waals surface area contributed by atoms with Crippen molar-refractivity contribution >= 4 is 11.9 Å². The third kappa shape index (κ3) is 10.1. The van der Waals surface area contributed by atoms with Gasteiger partial charge in [-0.1, -0.05) is 83.8 Å². The number of carboxylic acids is 1. The van der Waals surface area contributed by atoms with Crippen LogP contribution in [0.15, 0.2) is 18.2 Å². The highest BCUT2D eigenvalue weighted by molar-refractivity contribution is 5.69. The molecular formula is C33H52O6. The second kappa shape index (κ2) is 16.9. The molecule has 0 amide bonds. The van der Waals surface area contributed by atoms with Crippen molar-refractivity contribution in [3.05, 3.63) is 29.3 Å². The van der Waals surface area contributed by atoms with E-state index < -0.39 is 5.97 Å². The lowest BCUT2D eigenvalue weighted by molar-refractivity contribution is -0.151. The van der Waals surface area contributed by atoms with E-state index in [0.717, 1.165) is 69.8 Å². The SMILES string of the molecule is CCCCCCCCC[C@H](O)CC[C@@H]1[C@H]2Cc3cccc(OCC(=O)O)c3C[C@H]2C[C@H]1OC(=O)CCCCC. The van der Waals surface area contributed by atoms with E-state index in [-0.39, 0.29) is 30.7 Å². The number of rotatable bonds is 19. The minimum atomic E-state index is -0.979. The Labute approximate surface area is 235 Å². The van der Waals surface area contributed by atoms with Crippen molar-refractivity contribution in [1.29, 1.82) is 0 Å². The van der Waals surface area contributed by atoms with E-state index in [1.807, 2.05) is 12.1 Å². The van der Waals surface area contributed by atoms with E-state index in [1.165, 1.54) is 44.1 Å². The van der Waals surface area contributed by atoms with Crippen LogP contribution in [-0.4, -0.2) is 41.0 Å². The Kier molecular flexibility index (Phi) is 13.6. The van der Waals surface area contributed by atoms with Crippen LogP contribution in [0.2, 0.25) is 0 Å². The van der Waals surface area contributed by atoms with Crippen LogP contribution < -0.4 is 4.74 Å². The Balaban J connectivity index is 1.60. The summed E-state index contributed by atoms with van der Waals surface area (Å²) in [4.78, 5) is 23.8. The quantitative estimate of drug-likeness (QED) is 0.140. The van der Waals surface area contributed by atoms with Crippen LogP contribution in [0.25, 0.3) is 0 Å². The first kappa shape index (κ1) is 31.4. The van der Waals surface area contributed by atoms with Gasteiger partial charge in [0.2, 0.25) is 0 Å². The third-order valence-electron chi connectivity index (χ3n) is 8.91. The average molecular weight is 545 g/mol. The minimum Gasteiger partial charge on any atom is -0.482 e. The maximum absolute atomic E-state index is 12.7. The van der Waals surface area contributed by atoms with Gasteiger partial charge in [-0.05, 0) is 79.9 Å². The van der Waals surface area contributed by atoms with E-state index in [4.69, 9.17) is 14.6 Å². The molecule has 2 N–H and O–H groups in total. The first-order chi connectivity index (χ1) is 18.9. The Morgan fingerprint density at radius 2 is 1.67 bits per heavy atom. The number of aliphatic hydroxyl groups excluding tert-OH is 1. The van der Waals surface area contributed by atoms with E-state index in [2.05, 4.69) is 19.9 Å². The highest BCUT2D eigenvalue weighted by Crippen LogP contribution is 2.49. The highest BCUT2D eigenvalue weighted by Gasteiger charge is 2.47. The predicted molar refractivity (Wildman–Crippen MR) is 154 cm³/mol. The van der Waals surface area contributed by atoms with Gasteiger partial charge in [0.25, 0.3) is 0 Å². The molecule has 39 heavy (non-hydrogen) atoms. The molecule has 1 aromatic rings. The number of carbonyl (C=O) groups is 2. The van der Waals surface area contributed by atoms with Gasteiger partial charge in [-0.2, -0.15) is 0 Å². The number of carbonyl (C=O) groups excluding carboxylic acids is 1. The number of ether oxygens (including phenoxy) is 2. The van der Waals surface area contributed by atoms with Gasteiger partial charge in [0, 0.05) is 6.42 Å². The van der Waals surface area contributed by atoms with Gasteiger partial charge in [-0.25, -0.2) is 4.79 Å². The van der Waals surface area contributed by atoms with Crippen molar-refractivity contribution in [2.24, 2.45) is 17.8 Å². The fraction of sp³-hybridized carbons (Fsp3) is 0.758. The summed E-state index contributed by atoms with van der Waals surface area (Å²) >= 11 is 0. The largest absolute Gasteiger partial charge is 0.482 e. The van der Waals surface area contributed by atoms with E-state index in [9.17, 15) is 14.7 Å². The zero-order valence-corrected chi connectivity index (χ0v) is 24.4. The number of aliphatic carboxylic acids is 1. The van der Waals surface area contributed by atoms with Gasteiger partial charge in [-0.15, -0.1) is 0 Å². The molecule has 0 saturated heterocycles. The number of unbranched alkanes of at least 4 members (excludes halogenated alkanes) is 8. The summed E-state index contributed by atoms with van der Waals surface area (Å²) in [6, 6.07) is 5.92. The molecule has 3 rings (SSSR count). The van der Waals surface area contributed by atoms with Crippen LogP contribution in [0.4, 0.5) is 0 Å². The second-order valence-corrected chi connectivity index (χ2v) is 11.9. The number of hydrogen-bond acceptors (Lipinski definition) is 5. The number of carboxylic acid groups (broad SMARTS) is 1. The van der Waals surface area contributed by atoms with Gasteiger partial charge in [0.1, 0.15) is 11.9 Å². The molecule has 0 radical (unpaired) electrons. The van der Waals surface area contributed by atoms with Crippen LogP contribution >= 0.6 is 0 Å². The molecule has 0 bridgehead atoms. The van der Waals surface area contributed by atoms with Gasteiger partial charge < -0.3 is 19.7 Å². The molecule has 2 aliphatic carbocycles. The molecule has 2 aliphatic rings. The van der Waals surface area contributed by atoms with Gasteiger partial charge in [-0.3, -0.25) is 4.79 Å². The molecule has 6 nitrogen and oxygen atoms in total. The smallest absolute Gasteiger partial charge is 0.341 e. The first-order valence-electron chi connectivity index (χ1n) is 15.8. The first-order valence-corrected chi connectivity index (χ1v) is 15.8. The predicted octanol–water partition coefficient (Wildman–Crippen LogP) is 7.27. The molecule has 0 unspecified atom stereocenters. The zero-order valence-electron chi connectivity index (χ0n) is 24.4. The number of esters is 1. The van der Waals surface area contributed by atoms with Gasteiger partial charge in [0.15, 0.2) is 6.61 Å². The summed E-state index contributed by atoms with van der Waals surface area (Å²) in [7, 11) is 0. The molecule has 0 aromatic heterocycles. The summed E-state index contributed by atoms with van der Waals surface area (Å²) in [5.41, 5.74) is 2.32. The summed E-state index contributed by atoms with van der Waals surface area (Å²) in [5.74, 6) is 0.592. The summed E-state index contributed by atoms with van der Waals surface area (Å²) in [6.07, 6.45) is 16.8. The molecule has 1 aromatic carbocycles. The lowest BCUT2D eigenvalue weighted by Gasteiger charge is -2.32. The standard InChI is InChI=1S/C33H52O6/c1-3-5-7-8-9-10-12-15-26(34)18-19-27-28-20-24-14-13-16-30(38-23-32(35)36)29(24)21-25(28)22-31(27)39-33(37)17-11-6-4-2/h13-14,16,25-28,31,34H,3-12,15,17-23H2,1-2H3,(H,35,36)/t25-,26-,27+,28-,31+/m0/s1. The molecular weight excluding hydrogens is 492 g/mol. The molecule has 0 heterocycles. The lowest BCUT2D eigenvalue weighted by Crippen LogP contribution is -2.29. The Morgan fingerprint density at radius 3 is 2.41 bits per heavy atom. The van der Waals surface area contributed by atoms with Gasteiger partial charge in [0.05, 0.1) is 6.10 Å². The lowest BCUT2D eigenvalue weighted by atomic mass is 9.73. The zero-order chi connectivity index (χ0) is 28.0. The molecule has 0 aliphatic heterocycles. The van der Waals surface area contributed by atoms with Crippen LogP contribution in [-0.2, 0) is 27.2 Å². The van der Waals surface area contributed by atoms with Crippen molar-refractivity contribution in [3.63, 3.8) is 0 Å². The van der Waals surface area contributed by atoms with Crippen molar-refractivity contribution in [2.75, 3.05) is 6.61 Å². The number of benzene rings is 1. The Hall–Kier alpha value is -2.08. The van der Waals surface area contributed by atoms with E-state index >= 15 is 0 Å². The fourth-order valence-corrected chi connectivity index (χ4v) is 6.80. The minimum absolute atomic E-state index is 0.0938. The third-order valence-corrected chi connectivity index (χ3v) is 8.91. The number of fused-ring (bicyclic) bond motifs is 2. The fourth-order valence-electron chi connectivity index (χ4n) is 6.80. The van der Waals surface area contributed by atoms with Crippen molar-refractivity contribution in [1.82, 2.24) is 0 Å². The van der Waals surface area contributed by atoms with Crippen LogP contribution in [0.5, 0.6) is 5.75 Å². The molecule has 6 heteroatoms. The molecule has 1 saturated carbocycles. The highest BCUT2D eigenvalue weighted by atomic mass is 16.5. The number of hydrogen-bond donors (Lipinski definition) is 2. The average Bonchev–Trinajstić information content (AvgIpc) is 3.24. The Morgan fingerprint density at radius 1 is 0.949 bits per heavy atom. The van der Waals surface area contributed by atoms with Crippen molar-refractivity contribution < 1.29 is 29.3 Å². The van der Waals surface area contributed by atoms with E-state index in [0.29, 0.717) is 24.0 Å². The summed E-state index contributed by atoms with van der Waals surface area (Å²) in [5, 5.41) is 19.9. The monoisotopic (exact) mass is 544 g/mol. The van der Waals surface area contributed by atoms with Crippen molar-refractivity contribution in [3.8, 4) is 5.75 Å². The maximum Gasteiger partial charge on any atom is 0.341 e. The van der Waals surface area contributed by atoms with E-state index in [1.54, 1.807) is 0 Å². The summed E-state index contributed by atoms with van der Waals surface area (Å²) < 4.78 is 11.7. The topological polar surface area (TPSA) is 93.1 Å². The second-order valence-electron chi connectivity index (χ2n) is 11.9. The van der Waals surface area contributed by atoms with Crippen LogP contribution in [0, 0.1) is 17.8 Å². The maximum atomic E-state index is 12.7. The van der Waals surface area contributed by atoms with Crippen LogP contribution in [0.3, 0.4) is 0 Å². The van der Waals surface area contributed by atoms with Crippen LogP contribution in [0.1, 0.15) is 121 Å². The molecule has 220 valence electrons. The van der Waals surface area contributed by atoms with Crippen molar-refractivity contribution in [2.45, 2.75) is 135 Å². The van der Waals surface area contributed by atoms with Gasteiger partial charge >= 0.3 is 11.9 Å².